The third kappa shape index (κ3) is 4.46. The Bertz CT molecular complexity index is 1170. The van der Waals surface area contributed by atoms with Gasteiger partial charge in [-0.1, -0.05) is 12.1 Å². The maximum absolute atomic E-state index is 13.4. The van der Waals surface area contributed by atoms with Crippen molar-refractivity contribution in [1.82, 2.24) is 19.9 Å². The van der Waals surface area contributed by atoms with E-state index < -0.39 is 0 Å². The van der Waals surface area contributed by atoms with Gasteiger partial charge in [0.05, 0.1) is 13.2 Å². The number of halogens is 1. The number of pyridine rings is 1. The molecule has 1 unspecified atom stereocenters. The first kappa shape index (κ1) is 20.7. The summed E-state index contributed by atoms with van der Waals surface area (Å²) in [5.41, 5.74) is 3.67. The number of ether oxygens (including phenoxy) is 1. The van der Waals surface area contributed by atoms with Crippen molar-refractivity contribution in [2.24, 2.45) is 0 Å². The van der Waals surface area contributed by atoms with Crippen LogP contribution in [0.15, 0.2) is 67.3 Å². The fourth-order valence-corrected chi connectivity index (χ4v) is 3.62. The van der Waals surface area contributed by atoms with Gasteiger partial charge in [-0.25, -0.2) is 14.4 Å². The molecule has 1 atom stereocenters. The van der Waals surface area contributed by atoms with Crippen molar-refractivity contribution in [2.45, 2.75) is 6.04 Å². The van der Waals surface area contributed by atoms with Gasteiger partial charge < -0.3 is 15.0 Å². The Kier molecular flexibility index (Phi) is 6.04. The summed E-state index contributed by atoms with van der Waals surface area (Å²) in [6, 6.07) is 14.5. The second-order valence-corrected chi connectivity index (χ2v) is 7.44. The zero-order chi connectivity index (χ0) is 21.8. The van der Waals surface area contributed by atoms with E-state index in [1.54, 1.807) is 31.6 Å². The number of nitrogens with one attached hydrogen (secondary N) is 1. The molecule has 0 saturated carbocycles. The number of anilines is 1. The van der Waals surface area contributed by atoms with Gasteiger partial charge in [-0.05, 0) is 67.2 Å². The number of hydrogen-bond acceptors (Lipinski definition) is 6. The first-order valence-electron chi connectivity index (χ1n) is 9.95. The van der Waals surface area contributed by atoms with E-state index in [-0.39, 0.29) is 11.9 Å². The topological polar surface area (TPSA) is 63.2 Å². The molecule has 0 aliphatic carbocycles. The van der Waals surface area contributed by atoms with Crippen molar-refractivity contribution >= 4 is 16.7 Å². The Morgan fingerprint density at radius 1 is 1.00 bits per heavy atom. The summed E-state index contributed by atoms with van der Waals surface area (Å²) in [4.78, 5) is 15.2. The number of nitrogens with zero attached hydrogens (tertiary/aromatic N) is 4. The van der Waals surface area contributed by atoms with Crippen LogP contribution in [0, 0.1) is 5.82 Å². The van der Waals surface area contributed by atoms with Crippen molar-refractivity contribution in [3.63, 3.8) is 0 Å². The minimum atomic E-state index is -0.270. The highest BCUT2D eigenvalue weighted by molar-refractivity contribution is 5.96. The number of aromatic nitrogens is 3. The number of hydrogen-bond donors (Lipinski definition) is 1. The summed E-state index contributed by atoms with van der Waals surface area (Å²) >= 11 is 0. The Hall–Kier alpha value is -3.58. The summed E-state index contributed by atoms with van der Waals surface area (Å²) in [5.74, 6) is 1.08. The summed E-state index contributed by atoms with van der Waals surface area (Å²) in [7, 11) is 5.70. The van der Waals surface area contributed by atoms with Crippen LogP contribution in [0.2, 0.25) is 0 Å². The van der Waals surface area contributed by atoms with E-state index in [1.165, 1.54) is 18.5 Å². The van der Waals surface area contributed by atoms with Gasteiger partial charge in [0.15, 0.2) is 0 Å². The van der Waals surface area contributed by atoms with E-state index in [4.69, 9.17) is 4.74 Å². The quantitative estimate of drug-likeness (QED) is 0.476. The average Bonchev–Trinajstić information content (AvgIpc) is 2.79. The smallest absolute Gasteiger partial charge is 0.145 e. The largest absolute Gasteiger partial charge is 0.494 e. The monoisotopic (exact) mass is 417 g/mol. The molecule has 6 nitrogen and oxygen atoms in total. The third-order valence-corrected chi connectivity index (χ3v) is 5.28. The number of benzene rings is 2. The Morgan fingerprint density at radius 3 is 2.42 bits per heavy atom. The van der Waals surface area contributed by atoms with Gasteiger partial charge in [0.2, 0.25) is 0 Å². The zero-order valence-corrected chi connectivity index (χ0v) is 17.7. The van der Waals surface area contributed by atoms with Crippen molar-refractivity contribution in [3.8, 4) is 16.9 Å². The second kappa shape index (κ2) is 9.06. The van der Waals surface area contributed by atoms with Gasteiger partial charge in [-0.15, -0.1) is 0 Å². The van der Waals surface area contributed by atoms with Crippen LogP contribution in [0.1, 0.15) is 11.6 Å². The fourth-order valence-electron chi connectivity index (χ4n) is 3.62. The molecule has 0 fully saturated rings. The van der Waals surface area contributed by atoms with Crippen LogP contribution in [0.5, 0.6) is 5.75 Å². The molecular formula is C24H24FN5O. The molecule has 0 bridgehead atoms. The standard InChI is InChI=1S/C24H24FN5O/c1-30(2)21(17-8-10-26-11-9-17)14-27-24-20-12-18(16-4-6-19(25)7-5-16)13-22(31-3)23(20)28-15-29-24/h4-13,15,21H,14H2,1-3H3,(H,27,28,29). The van der Waals surface area contributed by atoms with Gasteiger partial charge in [0.25, 0.3) is 0 Å². The van der Waals surface area contributed by atoms with Crippen molar-refractivity contribution in [1.29, 1.82) is 0 Å². The van der Waals surface area contributed by atoms with Crippen LogP contribution in [0.4, 0.5) is 10.2 Å². The van der Waals surface area contributed by atoms with Crippen molar-refractivity contribution in [2.75, 3.05) is 33.1 Å². The van der Waals surface area contributed by atoms with Crippen molar-refractivity contribution in [3.05, 3.63) is 78.6 Å². The van der Waals surface area contributed by atoms with Gasteiger partial charge in [0, 0.05) is 24.3 Å². The van der Waals surface area contributed by atoms with E-state index in [9.17, 15) is 4.39 Å². The van der Waals surface area contributed by atoms with Gasteiger partial charge in [-0.2, -0.15) is 0 Å². The third-order valence-electron chi connectivity index (χ3n) is 5.28. The molecule has 0 radical (unpaired) electrons. The second-order valence-electron chi connectivity index (χ2n) is 7.44. The van der Waals surface area contributed by atoms with Crippen LogP contribution < -0.4 is 10.1 Å². The SMILES string of the molecule is COc1cc(-c2ccc(F)cc2)cc2c(NCC(c3ccncc3)N(C)C)ncnc12. The summed E-state index contributed by atoms with van der Waals surface area (Å²) < 4.78 is 19.0. The maximum atomic E-state index is 13.4. The van der Waals surface area contributed by atoms with E-state index in [2.05, 4.69) is 25.2 Å². The molecule has 0 saturated heterocycles. The molecule has 1 N–H and O–H groups in total. The van der Waals surface area contributed by atoms with Crippen molar-refractivity contribution < 1.29 is 9.13 Å². The normalized spacial score (nSPS) is 12.2. The predicted octanol–water partition coefficient (Wildman–Crippen LogP) is 4.55. The molecule has 4 aromatic rings. The lowest BCUT2D eigenvalue weighted by atomic mass is 10.0. The van der Waals surface area contributed by atoms with E-state index in [0.717, 1.165) is 27.6 Å². The van der Waals surface area contributed by atoms with Gasteiger partial charge >= 0.3 is 0 Å². The Labute approximate surface area is 180 Å². The molecule has 0 aliphatic rings. The molecule has 31 heavy (non-hydrogen) atoms. The van der Waals surface area contributed by atoms with E-state index >= 15 is 0 Å². The maximum Gasteiger partial charge on any atom is 0.145 e. The highest BCUT2D eigenvalue weighted by atomic mass is 19.1. The average molecular weight is 417 g/mol. The van der Waals surface area contributed by atoms with Gasteiger partial charge in [-0.3, -0.25) is 4.98 Å². The summed E-state index contributed by atoms with van der Waals surface area (Å²) in [6.45, 7) is 0.645. The van der Waals surface area contributed by atoms with Crippen LogP contribution in [0.25, 0.3) is 22.0 Å². The predicted molar refractivity (Wildman–Crippen MR) is 121 cm³/mol. The van der Waals surface area contributed by atoms with Gasteiger partial charge in [0.1, 0.15) is 29.2 Å². The molecule has 158 valence electrons. The summed E-state index contributed by atoms with van der Waals surface area (Å²) in [6.07, 6.45) is 5.12. The number of likely N-dealkylation sites (N-methyl/N-ethyl adjacent to an activating group) is 1. The van der Waals surface area contributed by atoms with Crippen LogP contribution >= 0.6 is 0 Å². The highest BCUT2D eigenvalue weighted by Crippen LogP contribution is 2.34. The van der Waals surface area contributed by atoms with E-state index in [1.807, 2.05) is 38.4 Å². The van der Waals surface area contributed by atoms with E-state index in [0.29, 0.717) is 18.1 Å². The minimum absolute atomic E-state index is 0.134. The van der Waals surface area contributed by atoms with Crippen LogP contribution in [0.3, 0.4) is 0 Å². The zero-order valence-electron chi connectivity index (χ0n) is 17.7. The molecule has 4 rings (SSSR count). The molecule has 2 heterocycles. The first-order chi connectivity index (χ1) is 15.1. The minimum Gasteiger partial charge on any atom is -0.494 e. The molecular weight excluding hydrogens is 393 g/mol. The summed E-state index contributed by atoms with van der Waals surface area (Å²) in [5, 5.41) is 4.32. The molecule has 2 aromatic carbocycles. The molecule has 0 spiro atoms. The number of fused-ring (bicyclic) bond motifs is 1. The lowest BCUT2D eigenvalue weighted by Crippen LogP contribution is -2.27. The number of rotatable bonds is 7. The highest BCUT2D eigenvalue weighted by Gasteiger charge is 2.16. The number of methoxy groups -OCH3 is 1. The lowest BCUT2D eigenvalue weighted by molar-refractivity contribution is 0.311. The molecule has 7 heteroatoms. The first-order valence-corrected chi connectivity index (χ1v) is 9.95. The molecule has 0 amide bonds. The fraction of sp³-hybridized carbons (Fsp3) is 0.208. The Balaban J connectivity index is 1.72. The lowest BCUT2D eigenvalue weighted by Gasteiger charge is -2.25. The molecule has 0 aliphatic heterocycles. The van der Waals surface area contributed by atoms with Crippen LogP contribution in [-0.4, -0.2) is 47.6 Å². The van der Waals surface area contributed by atoms with Crippen LogP contribution in [-0.2, 0) is 0 Å². The Morgan fingerprint density at radius 2 is 1.74 bits per heavy atom. The molecule has 2 aromatic heterocycles.